The van der Waals surface area contributed by atoms with Gasteiger partial charge in [-0.25, -0.2) is 9.55 Å². The first-order valence-electron chi connectivity index (χ1n) is 31.1. The average Bonchev–Trinajstić information content (AvgIpc) is 1.53. The lowest BCUT2D eigenvalue weighted by molar-refractivity contribution is -0.743. The van der Waals surface area contributed by atoms with Gasteiger partial charge in [0.15, 0.2) is 11.0 Å². The highest BCUT2D eigenvalue weighted by atomic mass is 31.2. The molecule has 5 fully saturated rings. The van der Waals surface area contributed by atoms with E-state index in [4.69, 9.17) is 48.2 Å². The Balaban J connectivity index is 1.17. The second-order valence-electron chi connectivity index (χ2n) is 28.0. The molecule has 0 saturated carbocycles. The summed E-state index contributed by atoms with van der Waals surface area (Å²) in [6.45, 7) is 20.2. The van der Waals surface area contributed by atoms with Gasteiger partial charge in [-0.2, -0.15) is 4.57 Å². The van der Waals surface area contributed by atoms with E-state index in [0.29, 0.717) is 17.6 Å². The predicted molar refractivity (Wildman–Crippen MR) is 331 cm³/mol. The number of primary amides is 6. The van der Waals surface area contributed by atoms with Crippen LogP contribution in [0.15, 0.2) is 52.8 Å². The monoisotopic (exact) mass is 1280 g/mol. The summed E-state index contributed by atoms with van der Waals surface area (Å²) in [5, 5.41) is 40.2. The summed E-state index contributed by atoms with van der Waals surface area (Å²) in [5.74, 6) is -6.21. The molecular weight excluding hydrogens is 1180 g/mol. The van der Waals surface area contributed by atoms with Gasteiger partial charge in [-0.05, 0) is 131 Å². The number of nitrogens with zero attached hydrogens (tertiary/aromatic N) is 1. The van der Waals surface area contributed by atoms with Crippen LogP contribution >= 0.6 is 7.82 Å². The zero-order valence-electron chi connectivity index (χ0n) is 53.7. The quantitative estimate of drug-likeness (QED) is 0.0464. The molecule has 6 aliphatic rings. The summed E-state index contributed by atoms with van der Waals surface area (Å²) in [5.41, 5.74) is 38.2. The van der Waals surface area contributed by atoms with Crippen LogP contribution in [0.1, 0.15) is 150 Å². The zero-order chi connectivity index (χ0) is 66.7. The molecule has 8 bridgehead atoms. The lowest BCUT2D eigenvalue weighted by atomic mass is 9.56. The number of carbonyl (C=O) groups is 7. The van der Waals surface area contributed by atoms with Crippen LogP contribution in [0.5, 0.6) is 0 Å². The molecule has 5 saturated heterocycles. The van der Waals surface area contributed by atoms with E-state index in [9.17, 15) is 53.2 Å². The van der Waals surface area contributed by atoms with E-state index in [0.717, 1.165) is 39.2 Å². The number of allylic oxidation sites excluding steroid dienone is 3. The molecule has 1 aromatic heterocycles. The van der Waals surface area contributed by atoms with Crippen molar-refractivity contribution in [2.45, 2.75) is 207 Å². The van der Waals surface area contributed by atoms with E-state index in [-0.39, 0.29) is 70.8 Å². The average molecular weight is 1280 g/mol. The smallest absolute Gasteiger partial charge is 0.394 e. The van der Waals surface area contributed by atoms with E-state index in [1.165, 1.54) is 6.92 Å². The topological polar surface area (TPSA) is 461 Å². The number of H-pyrrole nitrogens is 1. The zero-order valence-corrected chi connectivity index (χ0v) is 54.6. The molecule has 7 amide bonds. The highest BCUT2D eigenvalue weighted by molar-refractivity contribution is 7.47. The number of amides is 7. The maximum Gasteiger partial charge on any atom is 0.472 e. The normalized spacial score (nSPS) is 36.8. The number of nitrogens with two attached hydrogens (primary N) is 6. The number of fused-ring (bicyclic) bond motifs is 10. The molecule has 27 nitrogen and oxygen atoms in total. The summed E-state index contributed by atoms with van der Waals surface area (Å²) in [6.07, 6.45) is -2.92. The molecule has 1 aromatic carbocycles. The molecule has 2 aromatic rings. The van der Waals surface area contributed by atoms with Crippen LogP contribution in [0.25, 0.3) is 11.0 Å². The Bertz CT molecular complexity index is 3330. The number of rotatable bonds is 26. The first kappa shape index (κ1) is 69.6. The molecule has 18 unspecified atom stereocenters. The number of phosphoric ester groups is 1. The summed E-state index contributed by atoms with van der Waals surface area (Å²) in [4.78, 5) is 108. The van der Waals surface area contributed by atoms with Gasteiger partial charge in [0.1, 0.15) is 18.3 Å². The molecule has 6 aliphatic heterocycles. The Kier molecular flexibility index (Phi) is 20.1. The van der Waals surface area contributed by atoms with E-state index in [2.05, 4.69) is 51.5 Å². The third-order valence-corrected chi connectivity index (χ3v) is 22.9. The van der Waals surface area contributed by atoms with Gasteiger partial charge in [-0.15, -0.1) is 0 Å². The number of benzene rings is 1. The Morgan fingerprint density at radius 1 is 0.800 bits per heavy atom. The minimum atomic E-state index is -5.04. The third kappa shape index (κ3) is 13.2. The van der Waals surface area contributed by atoms with E-state index < -0.39 is 161 Å². The summed E-state index contributed by atoms with van der Waals surface area (Å²) in [7, 11) is -5.04. The fraction of sp³-hybridized carbons (Fsp3) is 0.677. The minimum absolute atomic E-state index is 0.0145. The minimum Gasteiger partial charge on any atom is -0.394 e. The van der Waals surface area contributed by atoms with Crippen molar-refractivity contribution in [1.29, 1.82) is 0 Å². The number of imidazole rings is 1. The number of aryl methyl sites for hydroxylation is 2. The van der Waals surface area contributed by atoms with Crippen molar-refractivity contribution >= 4 is 60.2 Å². The molecule has 28 heteroatoms. The van der Waals surface area contributed by atoms with Crippen molar-refractivity contribution in [3.05, 3.63) is 63.9 Å². The Morgan fingerprint density at radius 3 is 2.01 bits per heavy atom. The van der Waals surface area contributed by atoms with Crippen molar-refractivity contribution in [2.24, 2.45) is 79.7 Å². The Morgan fingerprint density at radius 2 is 1.41 bits per heavy atom. The number of ether oxygens (including phenoxy) is 1. The van der Waals surface area contributed by atoms with E-state index >= 15 is 0 Å². The lowest BCUT2D eigenvalue weighted by Crippen LogP contribution is -2.64. The van der Waals surface area contributed by atoms with Gasteiger partial charge in [0.25, 0.3) is 0 Å². The number of carbonyl (C=O) groups excluding carboxylic acids is 7. The van der Waals surface area contributed by atoms with Crippen LogP contribution in [0.2, 0.25) is 0 Å². The number of aromatic amines is 1. The Hall–Kier alpha value is -6.29. The molecule has 8 rings (SSSR count). The maximum absolute atomic E-state index is 14.4. The number of phosphoric acid groups is 1. The van der Waals surface area contributed by atoms with Crippen molar-refractivity contribution in [2.75, 3.05) is 13.2 Å². The van der Waals surface area contributed by atoms with E-state index in [1.54, 1.807) is 10.9 Å². The van der Waals surface area contributed by atoms with Crippen molar-refractivity contribution < 1.29 is 71.6 Å². The molecule has 498 valence electrons. The van der Waals surface area contributed by atoms with Gasteiger partial charge < -0.3 is 80.8 Å². The van der Waals surface area contributed by atoms with Crippen LogP contribution in [0.3, 0.4) is 0 Å². The van der Waals surface area contributed by atoms with Crippen LogP contribution in [-0.2, 0) is 51.9 Å². The molecule has 90 heavy (non-hydrogen) atoms. The van der Waals surface area contributed by atoms with Gasteiger partial charge in [0.2, 0.25) is 53.9 Å². The first-order valence-corrected chi connectivity index (χ1v) is 32.6. The van der Waals surface area contributed by atoms with Crippen LogP contribution in [0, 0.1) is 59.2 Å². The molecule has 18 atom stereocenters. The number of hydrogen-bond donors (Lipinski definition) is 15. The van der Waals surface area contributed by atoms with Crippen molar-refractivity contribution in [3.8, 4) is 0 Å². The molecule has 21 N–H and O–H groups in total. The van der Waals surface area contributed by atoms with Gasteiger partial charge in [-0.3, -0.25) is 42.6 Å². The molecule has 0 radical (unpaired) electrons. The van der Waals surface area contributed by atoms with Crippen LogP contribution < -0.4 is 65.6 Å². The van der Waals surface area contributed by atoms with Crippen LogP contribution in [0.4, 0.5) is 0 Å². The summed E-state index contributed by atoms with van der Waals surface area (Å²) >= 11 is 0. The number of aliphatic hydroxyl groups is 2. The second kappa shape index (κ2) is 26.0. The van der Waals surface area contributed by atoms with Crippen LogP contribution in [-0.4, -0.2) is 129 Å². The number of hydrogen-bond acceptors (Lipinski definition) is 17. The number of aliphatic hydroxyl groups excluding tert-OH is 2. The van der Waals surface area contributed by atoms with Crippen molar-refractivity contribution in [1.82, 2.24) is 31.6 Å². The standard InChI is InChI=1S/C62H96N13O14P/c1-29-20-39-40(21-30(29)2)75(28-70-39)57-52(84)53(41(27-76)87-57)89-90(85,86)88-31(3)26-69-49(83)18-19-59(8)37(22-46(66)80)56-62(11)61(10,25-48(68)82)36(14-17-45(65)79)51(74-62)33(5)55-60(9,24-47(67)81)34(12-15-43(63)77)38(71-55)23-42-58(6,7)35(13-16-44(64)78)50(72-42)32(4)54(59)73-56/h20-21,23,28,31,34-38,41,51-54,56-57,71-74,76,84H,12-19,22,24-27H2,1-11H3,(H14,63,64,65,66,67,68,69,77,78,79,80,81,82,83,85,86)/p+1/b42-23-,50-32-,55-33-. The molecule has 0 spiro atoms. The largest absolute Gasteiger partial charge is 0.472 e. The SMILES string of the molecule is C/C1=C2/NC(/C=C3\N/C(=C(/C)C4NC(C(CC(N)=O)C4(C)CCC(=O)NCC(C)OP(=O)(O)OC4C(CO)OC([n+]5c[nH]c6cc(C)c(C)cc65)C4O)C4(C)NC1C(CCC(N)=O)C4(C)CC(N)=O)C(CCC(N)=O)C3(C)C)C(CCC(N)=O)C2(C)CC(N)=O. The van der Waals surface area contributed by atoms with Gasteiger partial charge >= 0.3 is 7.82 Å². The third-order valence-electron chi connectivity index (χ3n) is 21.8. The van der Waals surface area contributed by atoms with Crippen molar-refractivity contribution in [3.63, 3.8) is 0 Å². The van der Waals surface area contributed by atoms with Gasteiger partial charge in [0.05, 0.1) is 12.7 Å². The van der Waals surface area contributed by atoms with Gasteiger partial charge in [-0.1, -0.05) is 34.6 Å². The van der Waals surface area contributed by atoms with E-state index in [1.807, 2.05) is 67.5 Å². The fourth-order valence-electron chi connectivity index (χ4n) is 16.7. The molecule has 7 heterocycles. The highest BCUT2D eigenvalue weighted by Crippen LogP contribution is 2.62. The Labute approximate surface area is 525 Å². The number of nitrogens with one attached hydrogen (secondary N) is 6. The highest BCUT2D eigenvalue weighted by Gasteiger charge is 2.69. The molecule has 0 aliphatic carbocycles. The second-order valence-corrected chi connectivity index (χ2v) is 29.3. The lowest BCUT2D eigenvalue weighted by Gasteiger charge is -2.49. The molecular formula is C62H97N13O14P+. The first-order chi connectivity index (χ1) is 41.8. The summed E-state index contributed by atoms with van der Waals surface area (Å²) < 4.78 is 32.4. The summed E-state index contributed by atoms with van der Waals surface area (Å²) in [6, 6.07) is 1.14. The fourth-order valence-corrected chi connectivity index (χ4v) is 17.9. The number of aromatic nitrogens is 2. The predicted octanol–water partition coefficient (Wildman–Crippen LogP) is 1.13. The maximum atomic E-state index is 14.4. The van der Waals surface area contributed by atoms with Gasteiger partial charge in [0, 0.05) is 120 Å².